The van der Waals surface area contributed by atoms with Gasteiger partial charge >= 0.3 is 12.1 Å². The minimum Gasteiger partial charge on any atom is -0.460 e. The normalized spacial score (nSPS) is 17.6. The van der Waals surface area contributed by atoms with E-state index in [0.29, 0.717) is 29.9 Å². The Morgan fingerprint density at radius 3 is 2.32 bits per heavy atom. The molecule has 1 unspecified atom stereocenters. The second-order valence-electron chi connectivity index (χ2n) is 11.9. The van der Waals surface area contributed by atoms with E-state index in [1.165, 1.54) is 11.0 Å². The number of Topliss-reactive ketones (excluding diaryl/α,β-unsaturated/α-hetero) is 1. The van der Waals surface area contributed by atoms with Crippen molar-refractivity contribution in [1.82, 2.24) is 25.1 Å². The Bertz CT molecular complexity index is 1370. The van der Waals surface area contributed by atoms with Gasteiger partial charge in [0.15, 0.2) is 5.82 Å². The van der Waals surface area contributed by atoms with E-state index in [0.717, 1.165) is 6.42 Å². The molecule has 0 radical (unpaired) electrons. The number of ketones is 1. The number of esters is 1. The zero-order chi connectivity index (χ0) is 31.9. The molecule has 236 valence electrons. The fourth-order valence-electron chi connectivity index (χ4n) is 5.29. The minimum absolute atomic E-state index is 0.00215. The van der Waals surface area contributed by atoms with Crippen LogP contribution in [0.5, 0.6) is 0 Å². The van der Waals surface area contributed by atoms with Gasteiger partial charge in [-0.25, -0.2) is 14.8 Å². The molecule has 1 aliphatic carbocycles. The van der Waals surface area contributed by atoms with Gasteiger partial charge in [-0.3, -0.25) is 19.2 Å². The first kappa shape index (κ1) is 32.6. The average molecular weight is 608 g/mol. The fourth-order valence-corrected chi connectivity index (χ4v) is 5.29. The predicted molar refractivity (Wildman–Crippen MR) is 161 cm³/mol. The third-order valence-electron chi connectivity index (χ3n) is 7.45. The van der Waals surface area contributed by atoms with Crippen LogP contribution in [-0.4, -0.2) is 93.9 Å². The van der Waals surface area contributed by atoms with Crippen LogP contribution in [0.4, 0.5) is 4.79 Å². The molecule has 12 heteroatoms. The monoisotopic (exact) mass is 607 g/mol. The highest BCUT2D eigenvalue weighted by molar-refractivity contribution is 5.97. The van der Waals surface area contributed by atoms with Crippen LogP contribution < -0.4 is 5.32 Å². The highest BCUT2D eigenvalue weighted by atomic mass is 16.6. The van der Waals surface area contributed by atoms with E-state index < -0.39 is 35.5 Å². The molecule has 1 aliphatic heterocycles. The van der Waals surface area contributed by atoms with Gasteiger partial charge in [0.1, 0.15) is 23.1 Å². The summed E-state index contributed by atoms with van der Waals surface area (Å²) in [7, 11) is 0. The summed E-state index contributed by atoms with van der Waals surface area (Å²) in [5.74, 6) is -1.54. The number of ether oxygens (including phenoxy) is 2. The number of amides is 3. The van der Waals surface area contributed by atoms with Gasteiger partial charge in [-0.05, 0) is 53.0 Å². The summed E-state index contributed by atoms with van der Waals surface area (Å²) in [6.07, 6.45) is 1.31. The van der Waals surface area contributed by atoms with Crippen LogP contribution in [-0.2, 0) is 23.9 Å². The molecule has 4 rings (SSSR count). The summed E-state index contributed by atoms with van der Waals surface area (Å²) in [4.78, 5) is 77.0. The number of piperazine rings is 1. The van der Waals surface area contributed by atoms with Crippen LogP contribution in [0, 0.1) is 0 Å². The van der Waals surface area contributed by atoms with Crippen LogP contribution in [0.25, 0.3) is 11.4 Å². The van der Waals surface area contributed by atoms with Crippen LogP contribution >= 0.6 is 0 Å². The van der Waals surface area contributed by atoms with Crippen LogP contribution in [0.3, 0.4) is 0 Å². The molecule has 44 heavy (non-hydrogen) atoms. The van der Waals surface area contributed by atoms with Crippen molar-refractivity contribution >= 4 is 29.7 Å². The summed E-state index contributed by atoms with van der Waals surface area (Å²) in [6.45, 7) is 8.30. The van der Waals surface area contributed by atoms with Crippen LogP contribution in [0.1, 0.15) is 81.9 Å². The Kier molecular flexibility index (Phi) is 10.7. The number of benzene rings is 1. The van der Waals surface area contributed by atoms with Crippen molar-refractivity contribution in [2.24, 2.45) is 0 Å². The second-order valence-corrected chi connectivity index (χ2v) is 11.9. The molecule has 2 fully saturated rings. The second kappa shape index (κ2) is 14.4. The number of carbonyl (C=O) groups excluding carboxylic acids is 5. The van der Waals surface area contributed by atoms with Gasteiger partial charge in [0, 0.05) is 44.6 Å². The highest BCUT2D eigenvalue weighted by Gasteiger charge is 2.33. The van der Waals surface area contributed by atoms with E-state index >= 15 is 0 Å². The molecule has 2 atom stereocenters. The smallest absolute Gasteiger partial charge is 0.409 e. The predicted octanol–water partition coefficient (Wildman–Crippen LogP) is 3.50. The SMILES string of the molecule is CCOC(=O)N1CCN(C(=O)[C@H](CCC(=O)OC(C)(C)C)NC(=O)c2cc(C3CCCC3=O)nc(-c3ccccc3)n2)CC1. The maximum Gasteiger partial charge on any atom is 0.409 e. The van der Waals surface area contributed by atoms with Crippen molar-refractivity contribution in [3.05, 3.63) is 47.8 Å². The van der Waals surface area contributed by atoms with Gasteiger partial charge in [0.2, 0.25) is 5.91 Å². The molecular weight excluding hydrogens is 566 g/mol. The summed E-state index contributed by atoms with van der Waals surface area (Å²) in [5.41, 5.74) is 0.478. The maximum absolute atomic E-state index is 13.7. The quantitative estimate of drug-likeness (QED) is 0.423. The van der Waals surface area contributed by atoms with Crippen molar-refractivity contribution in [3.63, 3.8) is 0 Å². The minimum atomic E-state index is -1.06. The zero-order valence-corrected chi connectivity index (χ0v) is 25.8. The number of nitrogens with one attached hydrogen (secondary N) is 1. The maximum atomic E-state index is 13.7. The van der Waals surface area contributed by atoms with Gasteiger partial charge in [0.05, 0.1) is 18.2 Å². The van der Waals surface area contributed by atoms with Gasteiger partial charge in [0.25, 0.3) is 5.91 Å². The molecule has 2 heterocycles. The first-order chi connectivity index (χ1) is 20.9. The molecule has 2 aliphatic rings. The van der Waals surface area contributed by atoms with Gasteiger partial charge < -0.3 is 24.6 Å². The van der Waals surface area contributed by atoms with Gasteiger partial charge in [-0.15, -0.1) is 0 Å². The lowest BCUT2D eigenvalue weighted by atomic mass is 10.0. The Morgan fingerprint density at radius 2 is 1.70 bits per heavy atom. The molecular formula is C32H41N5O7. The van der Waals surface area contributed by atoms with Gasteiger partial charge in [-0.2, -0.15) is 0 Å². The van der Waals surface area contributed by atoms with Crippen molar-refractivity contribution in [3.8, 4) is 11.4 Å². The molecule has 2 aromatic rings. The van der Waals surface area contributed by atoms with E-state index in [2.05, 4.69) is 15.3 Å². The van der Waals surface area contributed by atoms with Crippen molar-refractivity contribution in [1.29, 1.82) is 0 Å². The molecule has 1 aromatic heterocycles. The van der Waals surface area contributed by atoms with Crippen molar-refractivity contribution < 1.29 is 33.4 Å². The zero-order valence-electron chi connectivity index (χ0n) is 25.8. The first-order valence-electron chi connectivity index (χ1n) is 15.2. The Morgan fingerprint density at radius 1 is 1.02 bits per heavy atom. The van der Waals surface area contributed by atoms with Crippen molar-refractivity contribution in [2.45, 2.75) is 77.4 Å². The lowest BCUT2D eigenvalue weighted by Gasteiger charge is -2.36. The van der Waals surface area contributed by atoms with Crippen molar-refractivity contribution in [2.75, 3.05) is 32.8 Å². The number of hydrogen-bond donors (Lipinski definition) is 1. The Labute approximate surface area is 257 Å². The third-order valence-corrected chi connectivity index (χ3v) is 7.45. The molecule has 0 bridgehead atoms. The van der Waals surface area contributed by atoms with Gasteiger partial charge in [-0.1, -0.05) is 30.3 Å². The summed E-state index contributed by atoms with van der Waals surface area (Å²) in [6, 6.07) is 9.62. The fraction of sp³-hybridized carbons (Fsp3) is 0.531. The molecule has 1 aromatic carbocycles. The summed E-state index contributed by atoms with van der Waals surface area (Å²) < 4.78 is 10.5. The topological polar surface area (TPSA) is 148 Å². The number of rotatable bonds is 9. The first-order valence-corrected chi connectivity index (χ1v) is 15.2. The molecule has 1 saturated heterocycles. The van der Waals surface area contributed by atoms with E-state index in [9.17, 15) is 24.0 Å². The Hall–Kier alpha value is -4.35. The number of aromatic nitrogens is 2. The molecule has 0 spiro atoms. The largest absolute Gasteiger partial charge is 0.460 e. The van der Waals surface area contributed by atoms with E-state index in [1.54, 1.807) is 32.6 Å². The van der Waals surface area contributed by atoms with E-state index in [1.807, 2.05) is 30.3 Å². The number of carbonyl (C=O) groups is 5. The molecule has 12 nitrogen and oxygen atoms in total. The number of hydrogen-bond acceptors (Lipinski definition) is 9. The van der Waals surface area contributed by atoms with E-state index in [-0.39, 0.29) is 63.0 Å². The Balaban J connectivity index is 1.57. The lowest BCUT2D eigenvalue weighted by Crippen LogP contribution is -2.56. The third kappa shape index (κ3) is 8.61. The summed E-state index contributed by atoms with van der Waals surface area (Å²) in [5, 5.41) is 2.79. The lowest BCUT2D eigenvalue weighted by molar-refractivity contribution is -0.155. The highest BCUT2D eigenvalue weighted by Crippen LogP contribution is 2.31. The van der Waals surface area contributed by atoms with Crippen LogP contribution in [0.2, 0.25) is 0 Å². The molecule has 3 amide bonds. The van der Waals surface area contributed by atoms with E-state index in [4.69, 9.17) is 9.47 Å². The standard InChI is InChI=1S/C32H41N5O7/c1-5-43-31(42)37-18-16-36(17-19-37)30(41)23(14-15-27(39)44-32(2,3)4)35-29(40)25-20-24(22-12-9-13-26(22)38)33-28(34-25)21-10-7-6-8-11-21/h6-8,10-11,20,22-23H,5,9,12-19H2,1-4H3,(H,35,40)/t22?,23-/m0/s1. The van der Waals surface area contributed by atoms with Crippen LogP contribution in [0.15, 0.2) is 36.4 Å². The summed E-state index contributed by atoms with van der Waals surface area (Å²) >= 11 is 0. The average Bonchev–Trinajstić information content (AvgIpc) is 3.44. The number of nitrogens with zero attached hydrogens (tertiary/aromatic N) is 4. The molecule has 1 saturated carbocycles. The molecule has 1 N–H and O–H groups in total.